The molecule has 2 aromatic rings. The fourth-order valence-electron chi connectivity index (χ4n) is 4.59. The van der Waals surface area contributed by atoms with Crippen LogP contribution in [0.25, 0.3) is 0 Å². The normalized spacial score (nSPS) is 18.1. The lowest BCUT2D eigenvalue weighted by Gasteiger charge is -2.36. The van der Waals surface area contributed by atoms with Crippen LogP contribution in [0.4, 0.5) is 0 Å². The molecule has 1 aliphatic heterocycles. The summed E-state index contributed by atoms with van der Waals surface area (Å²) in [6, 6.07) is 4.60. The number of pyridine rings is 1. The van der Waals surface area contributed by atoms with Crippen molar-refractivity contribution in [3.8, 4) is 0 Å². The van der Waals surface area contributed by atoms with E-state index in [0.29, 0.717) is 18.2 Å². The van der Waals surface area contributed by atoms with E-state index in [4.69, 9.17) is 0 Å². The van der Waals surface area contributed by atoms with E-state index in [9.17, 15) is 9.59 Å². The first-order valence-corrected chi connectivity index (χ1v) is 10.3. The molecule has 4 rings (SSSR count). The minimum Gasteiger partial charge on any atom is -0.346 e. The zero-order valence-corrected chi connectivity index (χ0v) is 16.8. The largest absolute Gasteiger partial charge is 0.346 e. The Bertz CT molecular complexity index is 923. The van der Waals surface area contributed by atoms with E-state index in [1.807, 2.05) is 13.0 Å². The first-order chi connectivity index (χ1) is 13.5. The zero-order chi connectivity index (χ0) is 19.7. The molecule has 7 nitrogen and oxygen atoms in total. The highest BCUT2D eigenvalue weighted by atomic mass is 16.2. The van der Waals surface area contributed by atoms with Crippen LogP contribution in [0.2, 0.25) is 0 Å². The number of hydrogen-bond acceptors (Lipinski definition) is 4. The van der Waals surface area contributed by atoms with E-state index in [-0.39, 0.29) is 17.0 Å². The smallest absolute Gasteiger partial charge is 0.261 e. The summed E-state index contributed by atoms with van der Waals surface area (Å²) in [5.41, 5.74) is 3.33. The summed E-state index contributed by atoms with van der Waals surface area (Å²) >= 11 is 0. The van der Waals surface area contributed by atoms with E-state index < -0.39 is 0 Å². The van der Waals surface area contributed by atoms with Crippen molar-refractivity contribution in [3.63, 3.8) is 0 Å². The molecule has 0 aromatic carbocycles. The molecule has 2 N–H and O–H groups in total. The fourth-order valence-corrected chi connectivity index (χ4v) is 4.59. The van der Waals surface area contributed by atoms with E-state index >= 15 is 0 Å². The highest BCUT2D eigenvalue weighted by Gasteiger charge is 2.26. The van der Waals surface area contributed by atoms with Gasteiger partial charge in [-0.3, -0.25) is 19.2 Å². The number of nitrogens with zero attached hydrogens (tertiary/aromatic N) is 3. The van der Waals surface area contributed by atoms with Gasteiger partial charge in [0.25, 0.3) is 11.5 Å². The number of amides is 1. The van der Waals surface area contributed by atoms with E-state index in [2.05, 4.69) is 31.0 Å². The molecule has 1 aliphatic carbocycles. The molecule has 1 fully saturated rings. The first-order valence-electron chi connectivity index (χ1n) is 10.3. The third-order valence-electron chi connectivity index (χ3n) is 5.99. The topological polar surface area (TPSA) is 83.0 Å². The van der Waals surface area contributed by atoms with Crippen LogP contribution in [0.5, 0.6) is 0 Å². The van der Waals surface area contributed by atoms with E-state index in [1.165, 1.54) is 37.8 Å². The monoisotopic (exact) mass is 383 g/mol. The number of hydrogen-bond donors (Lipinski definition) is 2. The average molecular weight is 383 g/mol. The Morgan fingerprint density at radius 1 is 1.21 bits per heavy atom. The van der Waals surface area contributed by atoms with Gasteiger partial charge in [-0.15, -0.1) is 0 Å². The molecule has 1 amide bonds. The second-order valence-electron chi connectivity index (χ2n) is 8.13. The van der Waals surface area contributed by atoms with Crippen LogP contribution in [-0.4, -0.2) is 38.2 Å². The van der Waals surface area contributed by atoms with Crippen LogP contribution >= 0.6 is 0 Å². The molecule has 1 saturated carbocycles. The van der Waals surface area contributed by atoms with Gasteiger partial charge in [0.2, 0.25) is 0 Å². The third-order valence-corrected chi connectivity index (χ3v) is 5.99. The van der Waals surface area contributed by atoms with Crippen LogP contribution in [0.1, 0.15) is 65.1 Å². The highest BCUT2D eigenvalue weighted by molar-refractivity contribution is 5.95. The van der Waals surface area contributed by atoms with Crippen molar-refractivity contribution in [3.05, 3.63) is 50.7 Å². The summed E-state index contributed by atoms with van der Waals surface area (Å²) in [5.74, 6) is -0.353. The summed E-state index contributed by atoms with van der Waals surface area (Å²) in [4.78, 5) is 29.9. The summed E-state index contributed by atoms with van der Waals surface area (Å²) < 4.78 is 2.06. The molecular formula is C21H29N5O2. The molecule has 28 heavy (non-hydrogen) atoms. The molecule has 7 heteroatoms. The van der Waals surface area contributed by atoms with Gasteiger partial charge in [-0.25, -0.2) is 0 Å². The maximum Gasteiger partial charge on any atom is 0.261 e. The van der Waals surface area contributed by atoms with Gasteiger partial charge in [0.1, 0.15) is 5.56 Å². The quantitative estimate of drug-likeness (QED) is 0.848. The van der Waals surface area contributed by atoms with E-state index in [1.54, 1.807) is 6.92 Å². The predicted molar refractivity (Wildman–Crippen MR) is 107 cm³/mol. The van der Waals surface area contributed by atoms with Crippen LogP contribution in [0, 0.1) is 13.8 Å². The van der Waals surface area contributed by atoms with Gasteiger partial charge in [0, 0.05) is 24.8 Å². The number of H-pyrrole nitrogens is 1. The lowest BCUT2D eigenvalue weighted by Crippen LogP contribution is -2.42. The standard InChI is InChI=1S/C21H29N5O2/c1-14-10-15(2)23-21(28)19(14)20(27)22-12-16-11-18-13-25(8-9-26(18)24-16)17-6-4-3-5-7-17/h10-11,17H,3-9,12-13H2,1-2H3,(H,22,27)(H,23,28). The highest BCUT2D eigenvalue weighted by Crippen LogP contribution is 2.26. The molecule has 0 unspecified atom stereocenters. The summed E-state index contributed by atoms with van der Waals surface area (Å²) in [5, 5.41) is 7.50. The Morgan fingerprint density at radius 3 is 2.75 bits per heavy atom. The van der Waals surface area contributed by atoms with Gasteiger partial charge in [-0.05, 0) is 44.4 Å². The minimum atomic E-state index is -0.353. The lowest BCUT2D eigenvalue weighted by atomic mass is 9.94. The Balaban J connectivity index is 1.40. The van der Waals surface area contributed by atoms with Crippen LogP contribution in [0.15, 0.2) is 16.9 Å². The van der Waals surface area contributed by atoms with Crippen molar-refractivity contribution in [2.45, 2.75) is 71.6 Å². The molecule has 2 aromatic heterocycles. The van der Waals surface area contributed by atoms with Crippen molar-refractivity contribution in [2.24, 2.45) is 0 Å². The number of nitrogens with one attached hydrogen (secondary N) is 2. The molecule has 150 valence electrons. The number of aromatic amines is 1. The van der Waals surface area contributed by atoms with Crippen LogP contribution in [0.3, 0.4) is 0 Å². The van der Waals surface area contributed by atoms with Crippen molar-refractivity contribution in [1.29, 1.82) is 0 Å². The maximum atomic E-state index is 12.5. The second-order valence-corrected chi connectivity index (χ2v) is 8.13. The number of aryl methyl sites for hydroxylation is 2. The van der Waals surface area contributed by atoms with Gasteiger partial charge in [0.15, 0.2) is 0 Å². The molecule has 2 aliphatic rings. The Morgan fingerprint density at radius 2 is 2.00 bits per heavy atom. The molecule has 0 atom stereocenters. The third kappa shape index (κ3) is 3.90. The zero-order valence-electron chi connectivity index (χ0n) is 16.8. The lowest BCUT2D eigenvalue weighted by molar-refractivity contribution is 0.0948. The van der Waals surface area contributed by atoms with Gasteiger partial charge in [-0.1, -0.05) is 19.3 Å². The molecule has 0 saturated heterocycles. The molecule has 0 bridgehead atoms. The van der Waals surface area contributed by atoms with Gasteiger partial charge in [-0.2, -0.15) is 5.10 Å². The summed E-state index contributed by atoms with van der Waals surface area (Å²) in [6.45, 7) is 6.80. The number of fused-ring (bicyclic) bond motifs is 1. The maximum absolute atomic E-state index is 12.5. The van der Waals surface area contributed by atoms with Crippen molar-refractivity contribution < 1.29 is 4.79 Å². The Labute approximate surface area is 165 Å². The second kappa shape index (κ2) is 7.91. The van der Waals surface area contributed by atoms with Crippen molar-refractivity contribution in [2.75, 3.05) is 6.54 Å². The predicted octanol–water partition coefficient (Wildman–Crippen LogP) is 2.27. The first kappa shape index (κ1) is 18.9. The molecular weight excluding hydrogens is 354 g/mol. The number of rotatable bonds is 4. The van der Waals surface area contributed by atoms with Crippen molar-refractivity contribution in [1.82, 2.24) is 25.0 Å². The van der Waals surface area contributed by atoms with Gasteiger partial charge in [0.05, 0.1) is 24.5 Å². The SMILES string of the molecule is Cc1cc(C)c(C(=O)NCc2cc3n(n2)CCN(C2CCCCC2)C3)c(=O)[nH]1. The van der Waals surface area contributed by atoms with Gasteiger partial charge < -0.3 is 10.3 Å². The van der Waals surface area contributed by atoms with Crippen LogP contribution in [-0.2, 0) is 19.6 Å². The van der Waals surface area contributed by atoms with E-state index in [0.717, 1.165) is 31.0 Å². The summed E-state index contributed by atoms with van der Waals surface area (Å²) in [7, 11) is 0. The van der Waals surface area contributed by atoms with Crippen LogP contribution < -0.4 is 10.9 Å². The Hall–Kier alpha value is -2.41. The Kier molecular flexibility index (Phi) is 5.35. The minimum absolute atomic E-state index is 0.179. The number of carbonyl (C=O) groups is 1. The number of aromatic nitrogens is 3. The molecule has 0 spiro atoms. The fraction of sp³-hybridized carbons (Fsp3) is 0.571. The number of carbonyl (C=O) groups excluding carboxylic acids is 1. The van der Waals surface area contributed by atoms with Gasteiger partial charge >= 0.3 is 0 Å². The van der Waals surface area contributed by atoms with Crippen molar-refractivity contribution >= 4 is 5.91 Å². The average Bonchev–Trinajstić information content (AvgIpc) is 3.08. The molecule has 3 heterocycles. The molecule has 0 radical (unpaired) electrons. The summed E-state index contributed by atoms with van der Waals surface area (Å²) in [6.07, 6.45) is 6.67.